The zero-order chi connectivity index (χ0) is 18.9. The number of likely N-dealkylation sites (tertiary alicyclic amines) is 1. The first kappa shape index (κ1) is 17.6. The van der Waals surface area contributed by atoms with Crippen molar-refractivity contribution >= 4 is 11.8 Å². The maximum atomic E-state index is 12.7. The number of benzene rings is 1. The molecule has 2 heterocycles. The molecular weight excluding hydrogens is 340 g/mol. The largest absolute Gasteiger partial charge is 0.359 e. The molecule has 1 aliphatic carbocycles. The molecule has 1 aromatic heterocycles. The summed E-state index contributed by atoms with van der Waals surface area (Å²) in [5, 5.41) is 2.75. The number of aromatic nitrogens is 2. The van der Waals surface area contributed by atoms with Gasteiger partial charge in [-0.2, -0.15) is 0 Å². The van der Waals surface area contributed by atoms with E-state index >= 15 is 0 Å². The van der Waals surface area contributed by atoms with Crippen molar-refractivity contribution in [3.63, 3.8) is 0 Å². The summed E-state index contributed by atoms with van der Waals surface area (Å²) in [6.07, 6.45) is 7.99. The van der Waals surface area contributed by atoms with Crippen LogP contribution in [0.1, 0.15) is 53.2 Å². The highest BCUT2D eigenvalue weighted by Crippen LogP contribution is 2.52. The molecule has 140 valence electrons. The van der Waals surface area contributed by atoms with Gasteiger partial charge >= 0.3 is 0 Å². The summed E-state index contributed by atoms with van der Waals surface area (Å²) in [7, 11) is 1.69. The molecule has 1 N–H and O–H groups in total. The van der Waals surface area contributed by atoms with Crippen LogP contribution in [0, 0.1) is 0 Å². The first-order chi connectivity index (χ1) is 13.1. The Hall–Kier alpha value is -2.76. The molecule has 27 heavy (non-hydrogen) atoms. The van der Waals surface area contributed by atoms with Crippen LogP contribution in [0.4, 0.5) is 0 Å². The van der Waals surface area contributed by atoms with Crippen LogP contribution >= 0.6 is 0 Å². The number of rotatable bonds is 3. The number of piperidine rings is 1. The van der Waals surface area contributed by atoms with Crippen molar-refractivity contribution in [1.29, 1.82) is 0 Å². The minimum absolute atomic E-state index is 0.0499. The Morgan fingerprint density at radius 2 is 2.00 bits per heavy atom. The van der Waals surface area contributed by atoms with Gasteiger partial charge in [0.1, 0.15) is 5.69 Å². The predicted octanol–water partition coefficient (Wildman–Crippen LogP) is 2.27. The van der Waals surface area contributed by atoms with Gasteiger partial charge in [-0.25, -0.2) is 4.98 Å². The van der Waals surface area contributed by atoms with E-state index in [1.54, 1.807) is 19.4 Å². The van der Waals surface area contributed by atoms with Crippen LogP contribution < -0.4 is 5.32 Å². The maximum Gasteiger partial charge on any atom is 0.274 e. The lowest BCUT2D eigenvalue weighted by atomic mass is 9.73. The molecule has 6 nitrogen and oxygen atoms in total. The topological polar surface area (TPSA) is 75.2 Å². The molecule has 0 unspecified atom stereocenters. The smallest absolute Gasteiger partial charge is 0.274 e. The molecule has 1 aromatic carbocycles. The molecule has 2 amide bonds. The molecule has 0 radical (unpaired) electrons. The Balaban J connectivity index is 1.52. The summed E-state index contributed by atoms with van der Waals surface area (Å²) in [4.78, 5) is 34.7. The minimum Gasteiger partial charge on any atom is -0.359 e. The Morgan fingerprint density at radius 1 is 1.22 bits per heavy atom. The van der Waals surface area contributed by atoms with E-state index in [4.69, 9.17) is 0 Å². The van der Waals surface area contributed by atoms with E-state index in [1.807, 2.05) is 4.90 Å². The van der Waals surface area contributed by atoms with Crippen LogP contribution in [-0.4, -0.2) is 46.8 Å². The molecule has 4 rings (SSSR count). The van der Waals surface area contributed by atoms with Crippen molar-refractivity contribution in [2.75, 3.05) is 20.1 Å². The van der Waals surface area contributed by atoms with Gasteiger partial charge < -0.3 is 10.2 Å². The van der Waals surface area contributed by atoms with Crippen molar-refractivity contribution < 1.29 is 9.59 Å². The van der Waals surface area contributed by atoms with Crippen LogP contribution in [0.3, 0.4) is 0 Å². The highest BCUT2D eigenvalue weighted by molar-refractivity contribution is 5.92. The standard InChI is InChI=1S/C21H24N4O2/c1-22-19(26)12-15-13-21(17-5-3-2-4-16(15)17)6-10-25(11-7-21)20(27)18-14-23-8-9-24-18/h2-5,8-9,14-15H,6-7,10-13H2,1H3,(H,22,26)/t15-/m0/s1. The quantitative estimate of drug-likeness (QED) is 0.907. The second-order valence-electron chi connectivity index (χ2n) is 7.53. The van der Waals surface area contributed by atoms with E-state index in [9.17, 15) is 9.59 Å². The summed E-state index contributed by atoms with van der Waals surface area (Å²) in [6.45, 7) is 1.41. The fraction of sp³-hybridized carbons (Fsp3) is 0.429. The van der Waals surface area contributed by atoms with Crippen LogP contribution in [0.5, 0.6) is 0 Å². The first-order valence-corrected chi connectivity index (χ1v) is 9.48. The molecule has 0 saturated carbocycles. The molecule has 1 spiro atoms. The normalized spacial score (nSPS) is 20.3. The lowest BCUT2D eigenvalue weighted by molar-refractivity contribution is -0.121. The van der Waals surface area contributed by atoms with E-state index in [2.05, 4.69) is 39.6 Å². The van der Waals surface area contributed by atoms with Crippen molar-refractivity contribution in [3.05, 3.63) is 59.7 Å². The first-order valence-electron chi connectivity index (χ1n) is 9.48. The average molecular weight is 364 g/mol. The van der Waals surface area contributed by atoms with Crippen molar-refractivity contribution in [2.24, 2.45) is 0 Å². The zero-order valence-electron chi connectivity index (χ0n) is 15.5. The maximum absolute atomic E-state index is 12.7. The number of hydrogen-bond donors (Lipinski definition) is 1. The zero-order valence-corrected chi connectivity index (χ0v) is 15.5. The Labute approximate surface area is 159 Å². The molecule has 1 aliphatic heterocycles. The fourth-order valence-corrected chi connectivity index (χ4v) is 4.72. The number of fused-ring (bicyclic) bond motifs is 2. The van der Waals surface area contributed by atoms with E-state index in [0.717, 1.165) is 19.3 Å². The Morgan fingerprint density at radius 3 is 2.70 bits per heavy atom. The predicted molar refractivity (Wildman–Crippen MR) is 101 cm³/mol. The van der Waals surface area contributed by atoms with Crippen LogP contribution in [0.15, 0.2) is 42.9 Å². The van der Waals surface area contributed by atoms with Gasteiger partial charge in [0, 0.05) is 39.0 Å². The lowest BCUT2D eigenvalue weighted by Gasteiger charge is -2.40. The molecule has 1 saturated heterocycles. The van der Waals surface area contributed by atoms with Crippen molar-refractivity contribution in [1.82, 2.24) is 20.2 Å². The van der Waals surface area contributed by atoms with E-state index < -0.39 is 0 Å². The van der Waals surface area contributed by atoms with E-state index in [1.165, 1.54) is 17.3 Å². The fourth-order valence-electron chi connectivity index (χ4n) is 4.72. The average Bonchev–Trinajstić information content (AvgIpc) is 3.02. The lowest BCUT2D eigenvalue weighted by Crippen LogP contribution is -2.44. The van der Waals surface area contributed by atoms with Gasteiger partial charge in [-0.15, -0.1) is 0 Å². The third kappa shape index (κ3) is 3.20. The van der Waals surface area contributed by atoms with Gasteiger partial charge in [0.15, 0.2) is 0 Å². The monoisotopic (exact) mass is 364 g/mol. The van der Waals surface area contributed by atoms with Crippen molar-refractivity contribution in [2.45, 2.75) is 37.0 Å². The van der Waals surface area contributed by atoms with Gasteiger partial charge in [0.2, 0.25) is 5.91 Å². The number of nitrogens with zero attached hydrogens (tertiary/aromatic N) is 3. The second-order valence-corrected chi connectivity index (χ2v) is 7.53. The summed E-state index contributed by atoms with van der Waals surface area (Å²) >= 11 is 0. The molecule has 1 atom stereocenters. The van der Waals surface area contributed by atoms with E-state index in [-0.39, 0.29) is 23.1 Å². The molecular formula is C21H24N4O2. The van der Waals surface area contributed by atoms with Gasteiger partial charge in [-0.1, -0.05) is 24.3 Å². The summed E-state index contributed by atoms with van der Waals surface area (Å²) in [6, 6.07) is 8.51. The van der Waals surface area contributed by atoms with Crippen LogP contribution in [0.2, 0.25) is 0 Å². The van der Waals surface area contributed by atoms with Gasteiger partial charge in [0.05, 0.1) is 6.20 Å². The molecule has 1 fully saturated rings. The van der Waals surface area contributed by atoms with Gasteiger partial charge in [-0.05, 0) is 41.7 Å². The highest BCUT2D eigenvalue weighted by atomic mass is 16.2. The molecule has 0 bridgehead atoms. The third-order valence-corrected chi connectivity index (χ3v) is 6.11. The number of carbonyl (C=O) groups excluding carboxylic acids is 2. The van der Waals surface area contributed by atoms with Crippen LogP contribution in [-0.2, 0) is 10.2 Å². The second kappa shape index (κ2) is 7.10. The summed E-state index contributed by atoms with van der Waals surface area (Å²) in [5.41, 5.74) is 3.13. The Kier molecular flexibility index (Phi) is 4.64. The number of amides is 2. The highest BCUT2D eigenvalue weighted by Gasteiger charge is 2.46. The van der Waals surface area contributed by atoms with Crippen LogP contribution in [0.25, 0.3) is 0 Å². The molecule has 2 aliphatic rings. The Bertz CT molecular complexity index is 844. The van der Waals surface area contributed by atoms with Crippen molar-refractivity contribution in [3.8, 4) is 0 Å². The molecule has 6 heteroatoms. The SMILES string of the molecule is CNC(=O)C[C@H]1CC2(CCN(C(=O)c3cnccn3)CC2)c2ccccc21. The molecule has 2 aromatic rings. The van der Waals surface area contributed by atoms with Gasteiger partial charge in [0.25, 0.3) is 5.91 Å². The number of nitrogens with one attached hydrogen (secondary N) is 1. The third-order valence-electron chi connectivity index (χ3n) is 6.11. The summed E-state index contributed by atoms with van der Waals surface area (Å²) in [5.74, 6) is 0.289. The van der Waals surface area contributed by atoms with Gasteiger partial charge in [-0.3, -0.25) is 14.6 Å². The van der Waals surface area contributed by atoms with E-state index in [0.29, 0.717) is 25.2 Å². The number of hydrogen-bond acceptors (Lipinski definition) is 4. The number of carbonyl (C=O) groups is 2. The summed E-state index contributed by atoms with van der Waals surface area (Å²) < 4.78 is 0. The minimum atomic E-state index is -0.0499.